The van der Waals surface area contributed by atoms with E-state index in [2.05, 4.69) is 15.3 Å². The predicted molar refractivity (Wildman–Crippen MR) is 62.6 cm³/mol. The molecule has 0 spiro atoms. The molecular weight excluding hydrogens is 204 g/mol. The molecule has 0 aliphatic heterocycles. The summed E-state index contributed by atoms with van der Waals surface area (Å²) in [4.78, 5) is 18.7. The van der Waals surface area contributed by atoms with E-state index in [0.29, 0.717) is 13.0 Å². The maximum atomic E-state index is 11.7. The summed E-state index contributed by atoms with van der Waals surface area (Å²) in [6, 6.07) is -0.0854. The monoisotopic (exact) mass is 224 g/mol. The number of carbonyl (C=O) groups excluding carboxylic acids is 1. The van der Waals surface area contributed by atoms with Crippen LogP contribution in [0.5, 0.6) is 0 Å². The molecule has 90 valence electrons. The maximum Gasteiger partial charge on any atom is 0.220 e. The highest BCUT2D eigenvalue weighted by Crippen LogP contribution is 2.09. The van der Waals surface area contributed by atoms with Crippen molar-refractivity contribution in [2.24, 2.45) is 11.7 Å². The first-order chi connectivity index (χ1) is 7.67. The number of imidazole rings is 1. The van der Waals surface area contributed by atoms with Crippen LogP contribution >= 0.6 is 0 Å². The van der Waals surface area contributed by atoms with Gasteiger partial charge in [0.1, 0.15) is 5.82 Å². The summed E-state index contributed by atoms with van der Waals surface area (Å²) in [6.07, 6.45) is 4.83. The van der Waals surface area contributed by atoms with Gasteiger partial charge in [-0.2, -0.15) is 0 Å². The molecule has 4 N–H and O–H groups in total. The first-order valence-electron chi connectivity index (χ1n) is 5.66. The Kier molecular flexibility index (Phi) is 4.98. The van der Waals surface area contributed by atoms with Crippen LogP contribution in [0.3, 0.4) is 0 Å². The van der Waals surface area contributed by atoms with E-state index in [1.807, 2.05) is 13.8 Å². The lowest BCUT2D eigenvalue weighted by Crippen LogP contribution is -2.30. The number of rotatable bonds is 6. The molecule has 5 heteroatoms. The Morgan fingerprint density at radius 2 is 2.44 bits per heavy atom. The third-order valence-corrected chi connectivity index (χ3v) is 2.69. The SMILES string of the molecule is CCC(CN)CC(=O)NC(C)c1ncc[nH]1. The van der Waals surface area contributed by atoms with E-state index in [0.717, 1.165) is 12.2 Å². The summed E-state index contributed by atoms with van der Waals surface area (Å²) in [5.74, 6) is 1.07. The summed E-state index contributed by atoms with van der Waals surface area (Å²) in [6.45, 7) is 4.50. The molecule has 0 aromatic carbocycles. The van der Waals surface area contributed by atoms with Crippen LogP contribution in [0.15, 0.2) is 12.4 Å². The molecule has 2 unspecified atom stereocenters. The summed E-state index contributed by atoms with van der Waals surface area (Å²) in [5, 5.41) is 2.89. The number of aromatic nitrogens is 2. The van der Waals surface area contributed by atoms with E-state index in [1.54, 1.807) is 12.4 Å². The zero-order valence-corrected chi connectivity index (χ0v) is 9.86. The van der Waals surface area contributed by atoms with Gasteiger partial charge < -0.3 is 16.0 Å². The Morgan fingerprint density at radius 3 is 2.94 bits per heavy atom. The third-order valence-electron chi connectivity index (χ3n) is 2.69. The van der Waals surface area contributed by atoms with Gasteiger partial charge in [0.25, 0.3) is 0 Å². The van der Waals surface area contributed by atoms with Gasteiger partial charge in [0.2, 0.25) is 5.91 Å². The molecule has 0 saturated carbocycles. The molecule has 0 radical (unpaired) electrons. The van der Waals surface area contributed by atoms with E-state index in [9.17, 15) is 4.79 Å². The molecule has 1 amide bonds. The van der Waals surface area contributed by atoms with E-state index in [1.165, 1.54) is 0 Å². The second-order valence-corrected chi connectivity index (χ2v) is 3.98. The van der Waals surface area contributed by atoms with Crippen molar-refractivity contribution in [3.8, 4) is 0 Å². The van der Waals surface area contributed by atoms with Crippen LogP contribution in [-0.4, -0.2) is 22.4 Å². The molecule has 16 heavy (non-hydrogen) atoms. The number of H-pyrrole nitrogens is 1. The highest BCUT2D eigenvalue weighted by atomic mass is 16.1. The summed E-state index contributed by atoms with van der Waals surface area (Å²) in [5.41, 5.74) is 5.56. The topological polar surface area (TPSA) is 83.8 Å². The van der Waals surface area contributed by atoms with Gasteiger partial charge >= 0.3 is 0 Å². The Balaban J connectivity index is 2.39. The van der Waals surface area contributed by atoms with Crippen molar-refractivity contribution < 1.29 is 4.79 Å². The van der Waals surface area contributed by atoms with Crippen molar-refractivity contribution in [2.75, 3.05) is 6.54 Å². The molecule has 1 heterocycles. The van der Waals surface area contributed by atoms with E-state index >= 15 is 0 Å². The summed E-state index contributed by atoms with van der Waals surface area (Å²) >= 11 is 0. The lowest BCUT2D eigenvalue weighted by atomic mass is 10.0. The molecule has 0 fully saturated rings. The molecule has 0 bridgehead atoms. The van der Waals surface area contributed by atoms with Crippen LogP contribution in [0.25, 0.3) is 0 Å². The number of carbonyl (C=O) groups is 1. The van der Waals surface area contributed by atoms with Gasteiger partial charge in [-0.15, -0.1) is 0 Å². The average Bonchev–Trinajstić information content (AvgIpc) is 2.79. The number of nitrogens with zero attached hydrogens (tertiary/aromatic N) is 1. The van der Waals surface area contributed by atoms with Crippen LogP contribution < -0.4 is 11.1 Å². The third kappa shape index (κ3) is 3.66. The normalized spacial score (nSPS) is 14.4. The van der Waals surface area contributed by atoms with Crippen molar-refractivity contribution >= 4 is 5.91 Å². The largest absolute Gasteiger partial charge is 0.347 e. The first-order valence-corrected chi connectivity index (χ1v) is 5.66. The van der Waals surface area contributed by atoms with Crippen LogP contribution in [0, 0.1) is 5.92 Å². The number of nitrogens with two attached hydrogens (primary N) is 1. The fourth-order valence-corrected chi connectivity index (χ4v) is 1.54. The number of amides is 1. The Labute approximate surface area is 95.8 Å². The zero-order chi connectivity index (χ0) is 12.0. The standard InChI is InChI=1S/C11H20N4O/c1-3-9(7-12)6-10(16)15-8(2)11-13-4-5-14-11/h4-5,8-9H,3,6-7,12H2,1-2H3,(H,13,14)(H,15,16). The molecule has 0 aliphatic carbocycles. The molecule has 0 aliphatic rings. The number of aromatic amines is 1. The molecular formula is C11H20N4O. The maximum absolute atomic E-state index is 11.7. The second-order valence-electron chi connectivity index (χ2n) is 3.98. The van der Waals surface area contributed by atoms with E-state index < -0.39 is 0 Å². The van der Waals surface area contributed by atoms with Crippen molar-refractivity contribution in [1.29, 1.82) is 0 Å². The molecule has 0 saturated heterocycles. The lowest BCUT2D eigenvalue weighted by Gasteiger charge is -2.15. The van der Waals surface area contributed by atoms with Gasteiger partial charge in [-0.3, -0.25) is 4.79 Å². The minimum atomic E-state index is -0.0854. The van der Waals surface area contributed by atoms with Gasteiger partial charge in [-0.1, -0.05) is 13.3 Å². The molecule has 1 aromatic heterocycles. The van der Waals surface area contributed by atoms with Crippen LogP contribution in [0.2, 0.25) is 0 Å². The second kappa shape index (κ2) is 6.27. The molecule has 5 nitrogen and oxygen atoms in total. The van der Waals surface area contributed by atoms with Gasteiger partial charge in [0, 0.05) is 18.8 Å². The van der Waals surface area contributed by atoms with Crippen molar-refractivity contribution in [3.63, 3.8) is 0 Å². The van der Waals surface area contributed by atoms with Crippen molar-refractivity contribution in [3.05, 3.63) is 18.2 Å². The average molecular weight is 224 g/mol. The van der Waals surface area contributed by atoms with E-state index in [4.69, 9.17) is 5.73 Å². The van der Waals surface area contributed by atoms with Crippen LogP contribution in [-0.2, 0) is 4.79 Å². The van der Waals surface area contributed by atoms with Gasteiger partial charge in [0.15, 0.2) is 0 Å². The van der Waals surface area contributed by atoms with Gasteiger partial charge in [0.05, 0.1) is 6.04 Å². The number of hydrogen-bond donors (Lipinski definition) is 3. The fourth-order valence-electron chi connectivity index (χ4n) is 1.54. The lowest BCUT2D eigenvalue weighted by molar-refractivity contribution is -0.122. The summed E-state index contributed by atoms with van der Waals surface area (Å²) < 4.78 is 0. The number of hydrogen-bond acceptors (Lipinski definition) is 3. The summed E-state index contributed by atoms with van der Waals surface area (Å²) in [7, 11) is 0. The molecule has 2 atom stereocenters. The minimum Gasteiger partial charge on any atom is -0.347 e. The van der Waals surface area contributed by atoms with Gasteiger partial charge in [-0.05, 0) is 19.4 Å². The smallest absolute Gasteiger partial charge is 0.220 e. The first kappa shape index (κ1) is 12.7. The quantitative estimate of drug-likeness (QED) is 0.673. The Hall–Kier alpha value is -1.36. The minimum absolute atomic E-state index is 0.0289. The Morgan fingerprint density at radius 1 is 1.69 bits per heavy atom. The van der Waals surface area contributed by atoms with E-state index in [-0.39, 0.29) is 17.9 Å². The Bertz CT molecular complexity index is 306. The molecule has 1 rings (SSSR count). The van der Waals surface area contributed by atoms with Crippen LogP contribution in [0.1, 0.15) is 38.6 Å². The van der Waals surface area contributed by atoms with Gasteiger partial charge in [-0.25, -0.2) is 4.98 Å². The van der Waals surface area contributed by atoms with Crippen molar-refractivity contribution in [1.82, 2.24) is 15.3 Å². The van der Waals surface area contributed by atoms with Crippen LogP contribution in [0.4, 0.5) is 0 Å². The van der Waals surface area contributed by atoms with Crippen molar-refractivity contribution in [2.45, 2.75) is 32.7 Å². The highest BCUT2D eigenvalue weighted by molar-refractivity contribution is 5.76. The molecule has 1 aromatic rings. The highest BCUT2D eigenvalue weighted by Gasteiger charge is 2.14. The zero-order valence-electron chi connectivity index (χ0n) is 9.86. The number of nitrogens with one attached hydrogen (secondary N) is 2. The fraction of sp³-hybridized carbons (Fsp3) is 0.636. The predicted octanol–water partition coefficient (Wildman–Crippen LogP) is 0.962.